The van der Waals surface area contributed by atoms with E-state index in [1.165, 1.54) is 14.2 Å². The smallest absolute Gasteiger partial charge is 0.343 e. The summed E-state index contributed by atoms with van der Waals surface area (Å²) >= 11 is 3.39. The quantitative estimate of drug-likeness (QED) is 0.260. The number of fused-ring (bicyclic) bond motifs is 1. The fraction of sp³-hybridized carbons (Fsp3) is 0.120. The summed E-state index contributed by atoms with van der Waals surface area (Å²) in [5.41, 5.74) is 2.25. The molecule has 1 aliphatic rings. The number of hydrogen-bond acceptors (Lipinski definition) is 6. The molecule has 0 aromatic heterocycles. The Balaban J connectivity index is 1.58. The van der Waals surface area contributed by atoms with Gasteiger partial charge in [0.25, 0.3) is 0 Å². The lowest BCUT2D eigenvalue weighted by Crippen LogP contribution is -2.09. The summed E-state index contributed by atoms with van der Waals surface area (Å²) in [5.74, 6) is 0.998. The van der Waals surface area contributed by atoms with Gasteiger partial charge >= 0.3 is 5.97 Å². The van der Waals surface area contributed by atoms with Crippen molar-refractivity contribution in [1.82, 2.24) is 0 Å². The molecule has 162 valence electrons. The van der Waals surface area contributed by atoms with E-state index in [1.807, 2.05) is 24.3 Å². The van der Waals surface area contributed by atoms with Crippen LogP contribution in [0.5, 0.6) is 23.0 Å². The molecule has 1 heterocycles. The number of aryl methyl sites for hydroxylation is 1. The predicted molar refractivity (Wildman–Crippen MR) is 123 cm³/mol. The highest BCUT2D eigenvalue weighted by atomic mass is 79.9. The van der Waals surface area contributed by atoms with E-state index in [9.17, 15) is 9.59 Å². The fourth-order valence-corrected chi connectivity index (χ4v) is 3.64. The zero-order valence-corrected chi connectivity index (χ0v) is 19.2. The molecule has 0 atom stereocenters. The first-order valence-electron chi connectivity index (χ1n) is 9.68. The summed E-state index contributed by atoms with van der Waals surface area (Å²) in [6, 6.07) is 15.5. The van der Waals surface area contributed by atoms with Gasteiger partial charge in [-0.25, -0.2) is 4.79 Å². The summed E-state index contributed by atoms with van der Waals surface area (Å²) in [6.45, 7) is 1.77. The van der Waals surface area contributed by atoms with Gasteiger partial charge in [-0.05, 0) is 60.5 Å². The molecule has 0 radical (unpaired) electrons. The van der Waals surface area contributed by atoms with Crippen LogP contribution in [-0.4, -0.2) is 26.0 Å². The van der Waals surface area contributed by atoms with E-state index in [1.54, 1.807) is 43.3 Å². The molecule has 4 rings (SSSR count). The van der Waals surface area contributed by atoms with Crippen LogP contribution in [0.15, 0.2) is 64.8 Å². The van der Waals surface area contributed by atoms with Crippen LogP contribution in [0, 0.1) is 6.92 Å². The van der Waals surface area contributed by atoms with Crippen molar-refractivity contribution in [3.05, 3.63) is 87.1 Å². The van der Waals surface area contributed by atoms with Crippen molar-refractivity contribution in [2.24, 2.45) is 0 Å². The van der Waals surface area contributed by atoms with Crippen molar-refractivity contribution < 1.29 is 28.5 Å². The number of Topliss-reactive ketones (excluding diaryl/α,β-unsaturated/α-hetero) is 1. The molecular weight excluding hydrogens is 476 g/mol. The van der Waals surface area contributed by atoms with Gasteiger partial charge in [0.2, 0.25) is 5.78 Å². The summed E-state index contributed by atoms with van der Waals surface area (Å²) in [4.78, 5) is 25.5. The van der Waals surface area contributed by atoms with Crippen molar-refractivity contribution in [2.45, 2.75) is 6.92 Å². The number of carbonyl (C=O) groups is 2. The van der Waals surface area contributed by atoms with Gasteiger partial charge in [0.1, 0.15) is 11.5 Å². The van der Waals surface area contributed by atoms with Crippen LogP contribution < -0.4 is 18.9 Å². The molecule has 1 aliphatic heterocycles. The molecule has 6 nitrogen and oxygen atoms in total. The lowest BCUT2D eigenvalue weighted by molar-refractivity contribution is 0.0734. The maximum atomic E-state index is 12.8. The van der Waals surface area contributed by atoms with Crippen molar-refractivity contribution in [2.75, 3.05) is 14.2 Å². The Labute approximate surface area is 193 Å². The summed E-state index contributed by atoms with van der Waals surface area (Å²) in [7, 11) is 3.01. The largest absolute Gasteiger partial charge is 0.493 e. The van der Waals surface area contributed by atoms with E-state index in [-0.39, 0.29) is 17.3 Å². The van der Waals surface area contributed by atoms with Crippen LogP contribution >= 0.6 is 15.9 Å². The highest BCUT2D eigenvalue weighted by Gasteiger charge is 2.30. The van der Waals surface area contributed by atoms with Gasteiger partial charge in [-0.2, -0.15) is 0 Å². The summed E-state index contributed by atoms with van der Waals surface area (Å²) < 4.78 is 22.7. The van der Waals surface area contributed by atoms with Gasteiger partial charge in [-0.3, -0.25) is 4.79 Å². The molecule has 3 aromatic rings. The third-order valence-corrected chi connectivity index (χ3v) is 5.47. The average Bonchev–Trinajstić information content (AvgIpc) is 3.10. The van der Waals surface area contributed by atoms with E-state index >= 15 is 0 Å². The Kier molecular flexibility index (Phi) is 6.01. The number of hydrogen-bond donors (Lipinski definition) is 0. The van der Waals surface area contributed by atoms with Crippen LogP contribution in [0.25, 0.3) is 6.08 Å². The van der Waals surface area contributed by atoms with Gasteiger partial charge in [0, 0.05) is 10.5 Å². The number of halogens is 1. The number of rotatable bonds is 5. The monoisotopic (exact) mass is 494 g/mol. The van der Waals surface area contributed by atoms with Crippen molar-refractivity contribution in [3.63, 3.8) is 0 Å². The van der Waals surface area contributed by atoms with Gasteiger partial charge in [-0.15, -0.1) is 0 Å². The third-order valence-electron chi connectivity index (χ3n) is 4.94. The Morgan fingerprint density at radius 2 is 1.69 bits per heavy atom. The van der Waals surface area contributed by atoms with E-state index < -0.39 is 5.97 Å². The summed E-state index contributed by atoms with van der Waals surface area (Å²) in [6.07, 6.45) is 1.68. The molecule has 0 fully saturated rings. The van der Waals surface area contributed by atoms with E-state index in [4.69, 9.17) is 18.9 Å². The molecule has 0 N–H and O–H groups in total. The van der Waals surface area contributed by atoms with Crippen LogP contribution in [0.3, 0.4) is 0 Å². The lowest BCUT2D eigenvalue weighted by Gasteiger charge is -2.10. The summed E-state index contributed by atoms with van der Waals surface area (Å²) in [5, 5.41) is 0. The predicted octanol–water partition coefficient (Wildman–Crippen LogP) is 5.61. The first-order valence-corrected chi connectivity index (χ1v) is 10.5. The van der Waals surface area contributed by atoms with Crippen molar-refractivity contribution >= 4 is 33.8 Å². The first kappa shape index (κ1) is 21.6. The van der Waals surface area contributed by atoms with Crippen LogP contribution in [0.1, 0.15) is 31.8 Å². The number of ether oxygens (including phenoxy) is 4. The zero-order valence-electron chi connectivity index (χ0n) is 17.6. The molecule has 0 amide bonds. The SMILES string of the molecule is COc1ccc(C(=O)Oc2cc(C)c3c(c2)O/C(=C\c2ccc(Br)cc2)C3=O)cc1OC. The number of carbonyl (C=O) groups excluding carboxylic acids is 2. The second kappa shape index (κ2) is 8.88. The lowest BCUT2D eigenvalue weighted by atomic mass is 10.0. The van der Waals surface area contributed by atoms with Crippen LogP contribution in [0.2, 0.25) is 0 Å². The Morgan fingerprint density at radius 1 is 0.969 bits per heavy atom. The second-order valence-corrected chi connectivity index (χ2v) is 7.98. The highest BCUT2D eigenvalue weighted by Crippen LogP contribution is 2.38. The molecule has 7 heteroatoms. The Morgan fingerprint density at radius 3 is 2.38 bits per heavy atom. The first-order chi connectivity index (χ1) is 15.4. The van der Waals surface area contributed by atoms with Gasteiger partial charge in [0.15, 0.2) is 17.3 Å². The molecule has 0 aliphatic carbocycles. The Hall–Kier alpha value is -3.58. The van der Waals surface area contributed by atoms with Crippen molar-refractivity contribution in [1.29, 1.82) is 0 Å². The molecule has 0 saturated carbocycles. The molecule has 0 bridgehead atoms. The second-order valence-electron chi connectivity index (χ2n) is 7.06. The number of esters is 1. The number of allylic oxidation sites excluding steroid dienone is 1. The van der Waals surface area contributed by atoms with Crippen molar-refractivity contribution in [3.8, 4) is 23.0 Å². The highest BCUT2D eigenvalue weighted by molar-refractivity contribution is 9.10. The normalized spacial score (nSPS) is 13.5. The standard InChI is InChI=1S/C25H19BrO6/c1-14-10-18(31-25(28)16-6-9-19(29-2)20(12-16)30-3)13-21-23(14)24(27)22(32-21)11-15-4-7-17(26)8-5-15/h4-13H,1-3H3/b22-11-. The number of ketones is 1. The Bertz CT molecular complexity index is 1240. The molecular formula is C25H19BrO6. The van der Waals surface area contributed by atoms with Crippen LogP contribution in [0.4, 0.5) is 0 Å². The number of methoxy groups -OCH3 is 2. The average molecular weight is 495 g/mol. The maximum Gasteiger partial charge on any atom is 0.343 e. The minimum atomic E-state index is -0.569. The molecule has 32 heavy (non-hydrogen) atoms. The topological polar surface area (TPSA) is 71.1 Å². The van der Waals surface area contributed by atoms with Gasteiger partial charge < -0.3 is 18.9 Å². The fourth-order valence-electron chi connectivity index (χ4n) is 3.38. The van der Waals surface area contributed by atoms with Gasteiger partial charge in [0.05, 0.1) is 25.3 Å². The number of benzene rings is 3. The molecule has 3 aromatic carbocycles. The van der Waals surface area contributed by atoms with E-state index in [0.29, 0.717) is 33.9 Å². The van der Waals surface area contributed by atoms with Gasteiger partial charge in [-0.1, -0.05) is 28.1 Å². The molecule has 0 spiro atoms. The van der Waals surface area contributed by atoms with E-state index in [2.05, 4.69) is 15.9 Å². The third kappa shape index (κ3) is 4.24. The molecule has 0 unspecified atom stereocenters. The molecule has 0 saturated heterocycles. The van der Waals surface area contributed by atoms with E-state index in [0.717, 1.165) is 10.0 Å². The maximum absolute atomic E-state index is 12.8. The minimum Gasteiger partial charge on any atom is -0.493 e. The zero-order chi connectivity index (χ0) is 22.8. The minimum absolute atomic E-state index is 0.210. The van der Waals surface area contributed by atoms with Crippen LogP contribution in [-0.2, 0) is 0 Å².